The van der Waals surface area contributed by atoms with Gasteiger partial charge in [0.05, 0.1) is 5.75 Å². The fourth-order valence-electron chi connectivity index (χ4n) is 3.73. The first-order chi connectivity index (χ1) is 18.5. The summed E-state index contributed by atoms with van der Waals surface area (Å²) in [5.74, 6) is -3.91. The maximum Gasteiger partial charge on any atom is 0.379 e. The quantitative estimate of drug-likeness (QED) is 0.110. The summed E-state index contributed by atoms with van der Waals surface area (Å²) < 4.78 is 1.43. The monoisotopic (exact) mass is 629 g/mol. The van der Waals surface area contributed by atoms with Crippen LogP contribution in [0.3, 0.4) is 0 Å². The fourth-order valence-corrected chi connectivity index (χ4v) is 7.46. The second-order valence-electron chi connectivity index (χ2n) is 8.17. The predicted molar refractivity (Wildman–Crippen MR) is 145 cm³/mol. The average molecular weight is 631 g/mol. The first-order valence-corrected chi connectivity index (χ1v) is 14.8. The van der Waals surface area contributed by atoms with Crippen LogP contribution in [0.2, 0.25) is 10.3 Å². The molecule has 0 unspecified atom stereocenters. The highest BCUT2D eigenvalue weighted by Gasteiger charge is 2.54. The number of aromatic nitrogens is 2. The number of aliphatic carboxylic acids is 2. The zero-order valence-corrected chi connectivity index (χ0v) is 23.7. The maximum atomic E-state index is 12.9. The number of thioether (sulfide) groups is 3. The molecule has 4 heterocycles. The predicted octanol–water partition coefficient (Wildman–Crippen LogP) is 1.95. The van der Waals surface area contributed by atoms with Crippen molar-refractivity contribution in [3.63, 3.8) is 0 Å². The van der Waals surface area contributed by atoms with Crippen molar-refractivity contribution in [2.75, 3.05) is 17.3 Å². The Kier molecular flexibility index (Phi) is 9.43. The van der Waals surface area contributed by atoms with E-state index in [1.54, 1.807) is 36.7 Å². The van der Waals surface area contributed by atoms with Gasteiger partial charge in [0.2, 0.25) is 12.5 Å². The zero-order chi connectivity index (χ0) is 28.3. The van der Waals surface area contributed by atoms with Crippen LogP contribution in [0.5, 0.6) is 0 Å². The number of nitrogens with zero attached hydrogens (tertiary/aromatic N) is 3. The van der Waals surface area contributed by atoms with Crippen molar-refractivity contribution in [3.8, 4) is 0 Å². The molecule has 2 aromatic heterocycles. The molecule has 3 N–H and O–H groups in total. The Balaban J connectivity index is 1.35. The van der Waals surface area contributed by atoms with E-state index in [4.69, 9.17) is 28.3 Å². The third-order valence-electron chi connectivity index (χ3n) is 5.51. The zero-order valence-electron chi connectivity index (χ0n) is 19.7. The number of carboxylic acid groups (broad SMARTS) is 2. The normalized spacial score (nSPS) is 18.3. The Morgan fingerprint density at radius 1 is 1.10 bits per heavy atom. The topological polar surface area (TPSA) is 158 Å². The van der Waals surface area contributed by atoms with E-state index in [-0.39, 0.29) is 28.3 Å². The first-order valence-electron chi connectivity index (χ1n) is 11.1. The van der Waals surface area contributed by atoms with Crippen LogP contribution in [0, 0.1) is 0 Å². The molecule has 1 saturated heterocycles. The number of hydrogen-bond donors (Lipinski definition) is 3. The van der Waals surface area contributed by atoms with Gasteiger partial charge in [0.15, 0.2) is 12.4 Å². The summed E-state index contributed by atoms with van der Waals surface area (Å²) in [6, 6.07) is 5.66. The molecule has 2 aromatic rings. The van der Waals surface area contributed by atoms with Crippen LogP contribution in [-0.4, -0.2) is 78.3 Å². The molecule has 0 saturated carbocycles. The lowest BCUT2D eigenvalue weighted by atomic mass is 10.0. The van der Waals surface area contributed by atoms with E-state index in [1.165, 1.54) is 44.8 Å². The molecule has 2 aliphatic rings. The standard InChI is InChI=1S/C23H18Cl2N4O7S3/c24-15-5-13(6-16(25)26-15)38-10-17(31)27-18-20(32)29-19(23(35)36)11(9-39-21(18)29)8-37-12-1-3-28(4-2-12)7-14(30)22(33)34/h1-6,18,21H,7-10H2,(H2-,27,31,33,34,35,36)/p+1/t18-,21+/m0/s1. The molecule has 2 aliphatic heterocycles. The van der Waals surface area contributed by atoms with Gasteiger partial charge >= 0.3 is 17.7 Å². The molecule has 0 aliphatic carbocycles. The van der Waals surface area contributed by atoms with Crippen molar-refractivity contribution in [3.05, 3.63) is 58.2 Å². The van der Waals surface area contributed by atoms with Crippen LogP contribution < -0.4 is 9.88 Å². The number of carbonyl (C=O) groups excluding carboxylic acids is 3. The summed E-state index contributed by atoms with van der Waals surface area (Å²) in [6.07, 6.45) is 3.12. The van der Waals surface area contributed by atoms with Crippen molar-refractivity contribution in [1.29, 1.82) is 0 Å². The molecule has 11 nitrogen and oxygen atoms in total. The third-order valence-corrected chi connectivity index (χ3v) is 9.31. The number of nitrogens with one attached hydrogen (secondary N) is 1. The highest BCUT2D eigenvalue weighted by Crippen LogP contribution is 2.41. The molecule has 0 radical (unpaired) electrons. The van der Waals surface area contributed by atoms with Crippen LogP contribution in [0.1, 0.15) is 0 Å². The van der Waals surface area contributed by atoms with Gasteiger partial charge < -0.3 is 15.5 Å². The van der Waals surface area contributed by atoms with E-state index in [1.807, 2.05) is 0 Å². The van der Waals surface area contributed by atoms with Crippen molar-refractivity contribution in [2.24, 2.45) is 0 Å². The van der Waals surface area contributed by atoms with Crippen molar-refractivity contribution < 1.29 is 38.8 Å². The molecule has 2 atom stereocenters. The Labute approximate surface area is 244 Å². The molecule has 2 amide bonds. The van der Waals surface area contributed by atoms with E-state index in [0.717, 1.165) is 4.90 Å². The number of hydrogen-bond acceptors (Lipinski definition) is 9. The van der Waals surface area contributed by atoms with Gasteiger partial charge in [-0.3, -0.25) is 19.3 Å². The number of fused-ring (bicyclic) bond motifs is 1. The lowest BCUT2D eigenvalue weighted by molar-refractivity contribution is -0.684. The van der Waals surface area contributed by atoms with Gasteiger partial charge in [-0.15, -0.1) is 35.3 Å². The number of pyridine rings is 2. The summed E-state index contributed by atoms with van der Waals surface area (Å²) in [4.78, 5) is 66.0. The number of ketones is 1. The minimum absolute atomic E-state index is 0.00288. The Bertz CT molecular complexity index is 1370. The van der Waals surface area contributed by atoms with E-state index < -0.39 is 41.0 Å². The summed E-state index contributed by atoms with van der Waals surface area (Å²) in [6.45, 7) is -0.299. The second kappa shape index (κ2) is 12.6. The van der Waals surface area contributed by atoms with Gasteiger partial charge in [-0.05, 0) is 17.7 Å². The Hall–Kier alpha value is -2.78. The third kappa shape index (κ3) is 7.06. The number of β-lactam (4-membered cyclic amide) rings is 1. The molecule has 0 bridgehead atoms. The molecule has 39 heavy (non-hydrogen) atoms. The van der Waals surface area contributed by atoms with E-state index in [2.05, 4.69) is 10.3 Å². The molecule has 0 spiro atoms. The van der Waals surface area contributed by atoms with Crippen LogP contribution in [0.25, 0.3) is 0 Å². The SMILES string of the molecule is O=C(CSc1cc(Cl)nc(Cl)c1)N[C@H]1C(=O)N2C(C(=O)O)=C(CSc3cc[n+](CC(=O)C(=O)O)cc3)CS[C@H]12. The summed E-state index contributed by atoms with van der Waals surface area (Å²) in [7, 11) is 0. The summed E-state index contributed by atoms with van der Waals surface area (Å²) in [5, 5.41) is 21.1. The molecule has 0 aromatic carbocycles. The number of carbonyl (C=O) groups is 5. The Morgan fingerprint density at radius 3 is 2.38 bits per heavy atom. The molecule has 16 heteroatoms. The van der Waals surface area contributed by atoms with E-state index in [0.29, 0.717) is 22.0 Å². The number of carboxylic acids is 2. The van der Waals surface area contributed by atoms with Crippen molar-refractivity contribution in [2.45, 2.75) is 27.8 Å². The van der Waals surface area contributed by atoms with Crippen LogP contribution >= 0.6 is 58.5 Å². The number of halogens is 2. The largest absolute Gasteiger partial charge is 0.477 e. The second-order valence-corrected chi connectivity index (χ2v) is 12.1. The van der Waals surface area contributed by atoms with Crippen LogP contribution in [0.4, 0.5) is 0 Å². The van der Waals surface area contributed by atoms with Gasteiger partial charge in [-0.2, -0.15) is 4.57 Å². The Morgan fingerprint density at radius 2 is 1.77 bits per heavy atom. The van der Waals surface area contributed by atoms with Gasteiger partial charge in [0.25, 0.3) is 5.91 Å². The fraction of sp³-hybridized carbons (Fsp3) is 0.261. The minimum Gasteiger partial charge on any atom is -0.477 e. The van der Waals surface area contributed by atoms with E-state index in [9.17, 15) is 29.1 Å². The molecular formula is C23H19Cl2N4O7S3+. The highest BCUT2D eigenvalue weighted by atomic mass is 35.5. The molecule has 4 rings (SSSR count). The smallest absolute Gasteiger partial charge is 0.379 e. The summed E-state index contributed by atoms with van der Waals surface area (Å²) in [5.41, 5.74) is 0.474. The van der Waals surface area contributed by atoms with E-state index >= 15 is 0 Å². The lowest BCUT2D eigenvalue weighted by Crippen LogP contribution is -2.70. The van der Waals surface area contributed by atoms with Gasteiger partial charge in [-0.25, -0.2) is 14.6 Å². The molecule has 204 valence electrons. The maximum absolute atomic E-state index is 12.9. The number of amides is 2. The average Bonchev–Trinajstić information content (AvgIpc) is 2.88. The number of rotatable bonds is 11. The van der Waals surface area contributed by atoms with Crippen LogP contribution in [0.15, 0.2) is 57.7 Å². The molecular weight excluding hydrogens is 611 g/mol. The van der Waals surface area contributed by atoms with Crippen molar-refractivity contribution in [1.82, 2.24) is 15.2 Å². The van der Waals surface area contributed by atoms with Crippen molar-refractivity contribution >= 4 is 88.0 Å². The highest BCUT2D eigenvalue weighted by molar-refractivity contribution is 8.01. The summed E-state index contributed by atoms with van der Waals surface area (Å²) >= 11 is 15.6. The number of Topliss-reactive ketones (excluding diaryl/α,β-unsaturated/α-hetero) is 1. The lowest BCUT2D eigenvalue weighted by Gasteiger charge is -2.49. The van der Waals surface area contributed by atoms with Gasteiger partial charge in [0.1, 0.15) is 27.4 Å². The first kappa shape index (κ1) is 29.2. The van der Waals surface area contributed by atoms with Gasteiger partial charge in [-0.1, -0.05) is 23.2 Å². The van der Waals surface area contributed by atoms with Gasteiger partial charge in [0, 0.05) is 33.4 Å². The molecule has 1 fully saturated rings. The van der Waals surface area contributed by atoms with Crippen LogP contribution in [-0.2, 0) is 30.5 Å². The minimum atomic E-state index is -1.51.